The van der Waals surface area contributed by atoms with Gasteiger partial charge in [0.25, 0.3) is 11.9 Å². The van der Waals surface area contributed by atoms with Crippen molar-refractivity contribution >= 4 is 27.2 Å². The maximum Gasteiger partial charge on any atom is 0.490 e. The summed E-state index contributed by atoms with van der Waals surface area (Å²) in [6.45, 7) is 9.30. The van der Waals surface area contributed by atoms with Crippen LogP contribution in [0.3, 0.4) is 0 Å². The summed E-state index contributed by atoms with van der Waals surface area (Å²) in [6, 6.07) is 0. The zero-order chi connectivity index (χ0) is 15.0. The van der Waals surface area contributed by atoms with Crippen LogP contribution >= 0.6 is 0 Å². The zero-order valence-electron chi connectivity index (χ0n) is 11.7. The van der Waals surface area contributed by atoms with Crippen molar-refractivity contribution < 1.29 is 28.0 Å². The molecule has 0 heterocycles. The largest absolute Gasteiger partial charge is 0.490 e. The van der Waals surface area contributed by atoms with Gasteiger partial charge in [-0.1, -0.05) is 19.9 Å². The van der Waals surface area contributed by atoms with Crippen LogP contribution in [-0.2, 0) is 28.0 Å². The molecule has 0 bridgehead atoms. The molecule has 0 saturated carbocycles. The van der Waals surface area contributed by atoms with Crippen molar-refractivity contribution in [1.29, 1.82) is 0 Å². The fourth-order valence-electron chi connectivity index (χ4n) is 1.28. The molecule has 0 amide bonds. The summed E-state index contributed by atoms with van der Waals surface area (Å²) in [7, 11) is -2.76. The lowest BCUT2D eigenvalue weighted by Gasteiger charge is -2.23. The number of carbonyl (C=O) groups excluding carboxylic acids is 3. The summed E-state index contributed by atoms with van der Waals surface area (Å²) < 4.78 is 15.2. The molecule has 1 atom stereocenters. The molecule has 1 unspecified atom stereocenters. The van der Waals surface area contributed by atoms with Gasteiger partial charge in [-0.05, 0) is 13.3 Å². The average Bonchev–Trinajstić information content (AvgIpc) is 2.25. The van der Waals surface area contributed by atoms with E-state index < -0.39 is 32.9 Å². The van der Waals surface area contributed by atoms with E-state index in [0.717, 1.165) is 0 Å². The highest BCUT2D eigenvalue weighted by Gasteiger charge is 2.34. The van der Waals surface area contributed by atoms with Crippen LogP contribution in [0.2, 0.25) is 0 Å². The van der Waals surface area contributed by atoms with Gasteiger partial charge in [-0.25, -0.2) is 4.79 Å². The van der Waals surface area contributed by atoms with E-state index in [9.17, 15) is 14.4 Å². The number of carbonyl (C=O) groups is 3. The van der Waals surface area contributed by atoms with E-state index in [1.807, 2.05) is 6.92 Å². The predicted octanol–water partition coefficient (Wildman–Crippen LogP) is 1.16. The third-order valence-electron chi connectivity index (χ3n) is 2.05. The van der Waals surface area contributed by atoms with Crippen molar-refractivity contribution in [2.45, 2.75) is 46.3 Å². The Hall–Kier alpha value is -1.63. The first-order valence-electron chi connectivity index (χ1n) is 5.98. The Bertz CT molecular complexity index is 349. The van der Waals surface area contributed by atoms with Gasteiger partial charge in [-0.3, -0.25) is 9.59 Å². The minimum absolute atomic E-state index is 0.236. The maximum absolute atomic E-state index is 11.5. The third kappa shape index (κ3) is 7.40. The number of ether oxygens (including phenoxy) is 1. The van der Waals surface area contributed by atoms with E-state index in [0.29, 0.717) is 12.8 Å². The molecule has 0 aromatic carbocycles. The molecule has 0 N–H and O–H groups in total. The molecule has 0 fully saturated rings. The van der Waals surface area contributed by atoms with Crippen LogP contribution < -0.4 is 0 Å². The van der Waals surface area contributed by atoms with Gasteiger partial charge in [-0.2, -0.15) is 0 Å². The van der Waals surface area contributed by atoms with Crippen molar-refractivity contribution in [1.82, 2.24) is 0 Å². The molecule has 0 radical (unpaired) electrons. The fraction of sp³-hybridized carbons (Fsp3) is 0.583. The summed E-state index contributed by atoms with van der Waals surface area (Å²) in [5, 5.41) is 0. The molecule has 0 aliphatic carbocycles. The SMILES string of the molecule is C=C(C)C(=O)OC(CCC)[SiH](OC(C)=O)OC(C)=O. The van der Waals surface area contributed by atoms with Crippen LogP contribution in [0.15, 0.2) is 12.2 Å². The van der Waals surface area contributed by atoms with Crippen molar-refractivity contribution in [3.8, 4) is 0 Å². The summed E-state index contributed by atoms with van der Waals surface area (Å²) in [6.07, 6.45) is 1.15. The predicted molar refractivity (Wildman–Crippen MR) is 70.3 cm³/mol. The molecular weight excluding hydrogens is 268 g/mol. The monoisotopic (exact) mass is 288 g/mol. The molecule has 0 spiro atoms. The second kappa shape index (κ2) is 8.47. The second-order valence-corrected chi connectivity index (χ2v) is 6.05. The van der Waals surface area contributed by atoms with E-state index in [4.69, 9.17) is 13.6 Å². The minimum atomic E-state index is -2.76. The van der Waals surface area contributed by atoms with Gasteiger partial charge in [-0.15, -0.1) is 0 Å². The summed E-state index contributed by atoms with van der Waals surface area (Å²) in [5.41, 5.74) is -0.471. The normalized spacial score (nSPS) is 11.6. The number of esters is 1. The lowest BCUT2D eigenvalue weighted by Crippen LogP contribution is -2.42. The van der Waals surface area contributed by atoms with Crippen LogP contribution in [0.25, 0.3) is 0 Å². The summed E-state index contributed by atoms with van der Waals surface area (Å²) in [5.74, 6) is -1.72. The first kappa shape index (κ1) is 17.4. The molecule has 0 rings (SSSR count). The topological polar surface area (TPSA) is 78.9 Å². The van der Waals surface area contributed by atoms with Crippen LogP contribution in [-0.4, -0.2) is 32.9 Å². The Kier molecular flexibility index (Phi) is 7.74. The molecule has 0 aromatic heterocycles. The Morgan fingerprint density at radius 1 is 1.11 bits per heavy atom. The van der Waals surface area contributed by atoms with Gasteiger partial charge in [0.1, 0.15) is 0 Å². The fourth-order valence-corrected chi connectivity index (χ4v) is 3.12. The van der Waals surface area contributed by atoms with Gasteiger partial charge in [0.15, 0.2) is 5.73 Å². The van der Waals surface area contributed by atoms with Gasteiger partial charge in [0, 0.05) is 19.4 Å². The molecule has 0 aromatic rings. The standard InChI is InChI=1S/C12H20O6Si/c1-6-7-11(16-12(15)8(2)3)19(17-9(4)13)18-10(5)14/h11,19H,2,6-7H2,1,3-5H3. The van der Waals surface area contributed by atoms with Gasteiger partial charge >= 0.3 is 15.3 Å². The average molecular weight is 288 g/mol. The molecule has 7 heteroatoms. The Morgan fingerprint density at radius 2 is 1.58 bits per heavy atom. The lowest BCUT2D eigenvalue weighted by atomic mass is 10.3. The highest BCUT2D eigenvalue weighted by molar-refractivity contribution is 6.50. The number of hydrogen-bond acceptors (Lipinski definition) is 6. The molecule has 19 heavy (non-hydrogen) atoms. The first-order chi connectivity index (χ1) is 8.77. The van der Waals surface area contributed by atoms with Crippen LogP contribution in [0, 0.1) is 0 Å². The van der Waals surface area contributed by atoms with Crippen molar-refractivity contribution in [3.05, 3.63) is 12.2 Å². The van der Waals surface area contributed by atoms with Gasteiger partial charge in [0.05, 0.1) is 0 Å². The van der Waals surface area contributed by atoms with E-state index in [1.165, 1.54) is 20.8 Å². The van der Waals surface area contributed by atoms with E-state index in [1.54, 1.807) is 0 Å². The second-order valence-electron chi connectivity index (χ2n) is 4.10. The smallest absolute Gasteiger partial charge is 0.485 e. The Labute approximate surface area is 114 Å². The zero-order valence-corrected chi connectivity index (χ0v) is 12.9. The van der Waals surface area contributed by atoms with Crippen LogP contribution in [0.1, 0.15) is 40.5 Å². The highest BCUT2D eigenvalue weighted by atomic mass is 28.3. The van der Waals surface area contributed by atoms with Crippen molar-refractivity contribution in [3.63, 3.8) is 0 Å². The van der Waals surface area contributed by atoms with Crippen molar-refractivity contribution in [2.24, 2.45) is 0 Å². The van der Waals surface area contributed by atoms with E-state index in [-0.39, 0.29) is 5.57 Å². The van der Waals surface area contributed by atoms with E-state index >= 15 is 0 Å². The Morgan fingerprint density at radius 3 is 1.89 bits per heavy atom. The Balaban J connectivity index is 4.91. The van der Waals surface area contributed by atoms with Crippen molar-refractivity contribution in [2.75, 3.05) is 0 Å². The third-order valence-corrected chi connectivity index (χ3v) is 4.25. The number of hydrogen-bond donors (Lipinski definition) is 0. The number of rotatable bonds is 7. The highest BCUT2D eigenvalue weighted by Crippen LogP contribution is 2.12. The van der Waals surface area contributed by atoms with Gasteiger partial charge in [0.2, 0.25) is 0 Å². The molecule has 6 nitrogen and oxygen atoms in total. The molecule has 0 saturated heterocycles. The molecule has 0 aliphatic heterocycles. The summed E-state index contributed by atoms with van der Waals surface area (Å²) in [4.78, 5) is 33.6. The maximum atomic E-state index is 11.5. The summed E-state index contributed by atoms with van der Waals surface area (Å²) >= 11 is 0. The first-order valence-corrected chi connectivity index (χ1v) is 7.59. The molecule has 108 valence electrons. The minimum Gasteiger partial charge on any atom is -0.485 e. The quantitative estimate of drug-likeness (QED) is 0.397. The van der Waals surface area contributed by atoms with Crippen LogP contribution in [0.5, 0.6) is 0 Å². The lowest BCUT2D eigenvalue weighted by molar-refractivity contribution is -0.147. The van der Waals surface area contributed by atoms with Gasteiger partial charge < -0.3 is 13.6 Å². The molecule has 0 aliphatic rings. The van der Waals surface area contributed by atoms with E-state index in [2.05, 4.69) is 6.58 Å². The molecular formula is C12H20O6Si. The van der Waals surface area contributed by atoms with Crippen LogP contribution in [0.4, 0.5) is 0 Å².